The number of aromatic nitrogens is 2. The van der Waals surface area contributed by atoms with Gasteiger partial charge in [0.1, 0.15) is 22.6 Å². The number of benzene rings is 1. The fraction of sp³-hybridized carbons (Fsp3) is 0.393. The van der Waals surface area contributed by atoms with Crippen LogP contribution in [0.1, 0.15) is 51.3 Å². The van der Waals surface area contributed by atoms with Gasteiger partial charge in [-0.2, -0.15) is 5.10 Å². The number of rotatable bonds is 6. The molecule has 8 rings (SSSR count). The van der Waals surface area contributed by atoms with Crippen molar-refractivity contribution in [1.29, 1.82) is 0 Å². The maximum Gasteiger partial charge on any atom is 0.255 e. The lowest BCUT2D eigenvalue weighted by atomic mass is 9.50. The van der Waals surface area contributed by atoms with Crippen LogP contribution in [0.25, 0.3) is 16.5 Å². The molecule has 3 aliphatic carbocycles. The number of likely N-dealkylation sites (tertiary alicyclic amines) is 1. The SMILES string of the molecule is Cc1oc2cc(Oc3ccnn4cc(C(=O)N5CC(C(F)F)C5)c(C)c34)ccc2c1C(=O)NC12CC(C1)C2. The number of amides is 2. The second-order valence-electron chi connectivity index (χ2n) is 11.0. The zero-order chi connectivity index (χ0) is 26.3. The molecular formula is C28H26F2N4O4. The Labute approximate surface area is 216 Å². The number of alkyl halides is 2. The van der Waals surface area contributed by atoms with Crippen molar-refractivity contribution in [3.05, 3.63) is 59.1 Å². The minimum Gasteiger partial charge on any atom is -0.460 e. The second kappa shape index (κ2) is 8.02. The first-order chi connectivity index (χ1) is 18.2. The first kappa shape index (κ1) is 23.2. The molecule has 4 aliphatic rings. The van der Waals surface area contributed by atoms with E-state index in [1.165, 1.54) is 4.90 Å². The Kier molecular flexibility index (Phi) is 4.90. The van der Waals surface area contributed by atoms with Crippen LogP contribution >= 0.6 is 0 Å². The predicted molar refractivity (Wildman–Crippen MR) is 134 cm³/mol. The Balaban J connectivity index is 1.15. The van der Waals surface area contributed by atoms with E-state index in [2.05, 4.69) is 10.4 Å². The molecule has 38 heavy (non-hydrogen) atoms. The van der Waals surface area contributed by atoms with E-state index in [0.29, 0.717) is 45.0 Å². The summed E-state index contributed by atoms with van der Waals surface area (Å²) in [6.45, 7) is 3.66. The van der Waals surface area contributed by atoms with E-state index >= 15 is 0 Å². The van der Waals surface area contributed by atoms with Gasteiger partial charge in [0.15, 0.2) is 5.75 Å². The number of halogens is 2. The first-order valence-electron chi connectivity index (χ1n) is 12.8. The smallest absolute Gasteiger partial charge is 0.255 e. The number of furan rings is 1. The molecule has 0 radical (unpaired) electrons. The summed E-state index contributed by atoms with van der Waals surface area (Å²) >= 11 is 0. The number of fused-ring (bicyclic) bond motifs is 2. The molecule has 196 valence electrons. The Bertz CT molecular complexity index is 1620. The van der Waals surface area contributed by atoms with E-state index < -0.39 is 12.3 Å². The highest BCUT2D eigenvalue weighted by Crippen LogP contribution is 2.57. The number of ether oxygens (including phenoxy) is 1. The molecule has 1 aromatic carbocycles. The third-order valence-corrected chi connectivity index (χ3v) is 8.38. The maximum absolute atomic E-state index is 13.0. The minimum absolute atomic E-state index is 0.0247. The zero-order valence-electron chi connectivity index (χ0n) is 21.0. The van der Waals surface area contributed by atoms with Crippen molar-refractivity contribution < 1.29 is 27.5 Å². The molecule has 0 unspecified atom stereocenters. The molecule has 0 spiro atoms. The molecule has 1 aliphatic heterocycles. The lowest BCUT2D eigenvalue weighted by molar-refractivity contribution is -0.0438. The maximum atomic E-state index is 13.0. The summed E-state index contributed by atoms with van der Waals surface area (Å²) in [5, 5.41) is 8.23. The third-order valence-electron chi connectivity index (χ3n) is 8.38. The number of carbonyl (C=O) groups excluding carboxylic acids is 2. The van der Waals surface area contributed by atoms with E-state index in [-0.39, 0.29) is 30.4 Å². The van der Waals surface area contributed by atoms with Crippen molar-refractivity contribution in [2.75, 3.05) is 13.1 Å². The van der Waals surface area contributed by atoms with Gasteiger partial charge in [-0.05, 0) is 56.7 Å². The number of aryl methyl sites for hydroxylation is 2. The molecule has 0 atom stereocenters. The second-order valence-corrected chi connectivity index (χ2v) is 11.0. The van der Waals surface area contributed by atoms with Crippen molar-refractivity contribution in [2.45, 2.75) is 45.1 Å². The summed E-state index contributed by atoms with van der Waals surface area (Å²) in [5.41, 5.74) is 2.73. The zero-order valence-corrected chi connectivity index (χ0v) is 21.0. The van der Waals surface area contributed by atoms with Gasteiger partial charge in [0, 0.05) is 42.3 Å². The van der Waals surface area contributed by atoms with Crippen LogP contribution in [0.15, 0.2) is 41.1 Å². The molecule has 2 bridgehead atoms. The topological polar surface area (TPSA) is 89.1 Å². The van der Waals surface area contributed by atoms with Crippen molar-refractivity contribution in [3.8, 4) is 11.5 Å². The van der Waals surface area contributed by atoms with Gasteiger partial charge in [-0.1, -0.05) is 0 Å². The fourth-order valence-electron chi connectivity index (χ4n) is 6.14. The van der Waals surface area contributed by atoms with Gasteiger partial charge < -0.3 is 19.4 Å². The molecule has 4 heterocycles. The average Bonchev–Trinajstić information content (AvgIpc) is 3.30. The summed E-state index contributed by atoms with van der Waals surface area (Å²) < 4.78 is 39.4. The molecule has 2 amide bonds. The van der Waals surface area contributed by atoms with Gasteiger partial charge in [0.25, 0.3) is 11.8 Å². The van der Waals surface area contributed by atoms with E-state index in [9.17, 15) is 18.4 Å². The molecule has 8 nitrogen and oxygen atoms in total. The van der Waals surface area contributed by atoms with Gasteiger partial charge >= 0.3 is 0 Å². The summed E-state index contributed by atoms with van der Waals surface area (Å²) in [4.78, 5) is 27.4. The van der Waals surface area contributed by atoms with Crippen LogP contribution in [-0.2, 0) is 0 Å². The van der Waals surface area contributed by atoms with Gasteiger partial charge in [0.05, 0.1) is 23.2 Å². The van der Waals surface area contributed by atoms with Gasteiger partial charge in [0.2, 0.25) is 6.43 Å². The van der Waals surface area contributed by atoms with E-state index in [0.717, 1.165) is 30.6 Å². The van der Waals surface area contributed by atoms with Crippen LogP contribution < -0.4 is 10.1 Å². The first-order valence-corrected chi connectivity index (χ1v) is 12.8. The quantitative estimate of drug-likeness (QED) is 0.382. The Morgan fingerprint density at radius 2 is 1.95 bits per heavy atom. The van der Waals surface area contributed by atoms with Gasteiger partial charge in [-0.3, -0.25) is 9.59 Å². The van der Waals surface area contributed by atoms with Crippen molar-refractivity contribution in [1.82, 2.24) is 19.8 Å². The molecular weight excluding hydrogens is 494 g/mol. The van der Waals surface area contributed by atoms with Gasteiger partial charge in [-0.25, -0.2) is 13.3 Å². The monoisotopic (exact) mass is 520 g/mol. The highest BCUT2D eigenvalue weighted by atomic mass is 19.3. The molecule has 4 fully saturated rings. The van der Waals surface area contributed by atoms with Crippen LogP contribution in [0.3, 0.4) is 0 Å². The number of nitrogens with zero attached hydrogens (tertiary/aromatic N) is 3. The Hall–Kier alpha value is -3.95. The predicted octanol–water partition coefficient (Wildman–Crippen LogP) is 5.11. The van der Waals surface area contributed by atoms with Crippen LogP contribution in [0.5, 0.6) is 11.5 Å². The summed E-state index contributed by atoms with van der Waals surface area (Å²) in [7, 11) is 0. The number of nitrogens with one attached hydrogen (secondary N) is 1. The molecule has 3 aromatic heterocycles. The Morgan fingerprint density at radius 1 is 1.18 bits per heavy atom. The van der Waals surface area contributed by atoms with Crippen molar-refractivity contribution >= 4 is 28.3 Å². The van der Waals surface area contributed by atoms with Crippen LogP contribution in [0.4, 0.5) is 8.78 Å². The van der Waals surface area contributed by atoms with Crippen LogP contribution in [0, 0.1) is 25.7 Å². The van der Waals surface area contributed by atoms with Crippen LogP contribution in [-0.4, -0.2) is 51.4 Å². The van der Waals surface area contributed by atoms with E-state index in [4.69, 9.17) is 9.15 Å². The van der Waals surface area contributed by atoms with Crippen molar-refractivity contribution in [2.24, 2.45) is 11.8 Å². The summed E-state index contributed by atoms with van der Waals surface area (Å²) in [6.07, 6.45) is 3.93. The highest BCUT2D eigenvalue weighted by molar-refractivity contribution is 6.08. The molecule has 1 saturated heterocycles. The molecule has 3 saturated carbocycles. The molecule has 10 heteroatoms. The van der Waals surface area contributed by atoms with E-state index in [1.54, 1.807) is 49.0 Å². The largest absolute Gasteiger partial charge is 0.460 e. The van der Waals surface area contributed by atoms with Gasteiger partial charge in [-0.15, -0.1) is 0 Å². The lowest BCUT2D eigenvalue weighted by Gasteiger charge is -2.61. The van der Waals surface area contributed by atoms with Crippen LogP contribution in [0.2, 0.25) is 0 Å². The van der Waals surface area contributed by atoms with E-state index in [1.807, 2.05) is 6.07 Å². The molecule has 4 aromatic rings. The summed E-state index contributed by atoms with van der Waals surface area (Å²) in [6, 6.07) is 7.04. The standard InChI is InChI=1S/C28H26F2N4O4/c1-14-20(27(36)33-11-17(12-33)25(29)30)13-34-24(14)21(5-6-31-34)38-18-3-4-19-22(7-18)37-15(2)23(19)26(35)32-28-8-16(9-28)10-28/h3-7,13,16-17,25H,8-12H2,1-2H3,(H,32,35). The lowest BCUT2D eigenvalue weighted by Crippen LogP contribution is -2.68. The third kappa shape index (κ3) is 3.42. The van der Waals surface area contributed by atoms with Crippen molar-refractivity contribution in [3.63, 3.8) is 0 Å². The normalized spacial score (nSPS) is 22.3. The number of carbonyl (C=O) groups is 2. The number of hydrogen-bond donors (Lipinski definition) is 1. The Morgan fingerprint density at radius 3 is 2.63 bits per heavy atom. The average molecular weight is 521 g/mol. The number of hydrogen-bond acceptors (Lipinski definition) is 5. The molecule has 1 N–H and O–H groups in total. The fourth-order valence-corrected chi connectivity index (χ4v) is 6.14. The minimum atomic E-state index is -2.43. The summed E-state index contributed by atoms with van der Waals surface area (Å²) in [5.74, 6) is 1.13. The highest BCUT2D eigenvalue weighted by Gasteiger charge is 2.57.